The van der Waals surface area contributed by atoms with Crippen molar-refractivity contribution in [3.05, 3.63) is 53.7 Å². The number of rotatable bonds is 5. The lowest BCUT2D eigenvalue weighted by molar-refractivity contribution is 0.432. The Morgan fingerprint density at radius 3 is 2.86 bits per heavy atom. The van der Waals surface area contributed by atoms with Gasteiger partial charge in [-0.2, -0.15) is 0 Å². The van der Waals surface area contributed by atoms with Gasteiger partial charge in [0.1, 0.15) is 0 Å². The molecule has 3 rings (SSSR count). The number of aliphatic imine (C=N–C) groups is 1. The van der Waals surface area contributed by atoms with E-state index in [4.69, 9.17) is 0 Å². The summed E-state index contributed by atoms with van der Waals surface area (Å²) in [5.74, 6) is -0.388. The molecule has 1 unspecified atom stereocenters. The number of pyridine rings is 1. The minimum absolute atomic E-state index is 0. The fourth-order valence-corrected chi connectivity index (χ4v) is 3.01. The van der Waals surface area contributed by atoms with Gasteiger partial charge in [-0.1, -0.05) is 6.07 Å². The molecule has 152 valence electrons. The molecule has 6 nitrogen and oxygen atoms in total. The highest BCUT2D eigenvalue weighted by Crippen LogP contribution is 2.21. The molecular weight excluding hydrogens is 479 g/mol. The average molecular weight is 503 g/mol. The summed E-state index contributed by atoms with van der Waals surface area (Å²) in [6.45, 7) is 4.24. The third kappa shape index (κ3) is 5.66. The molecule has 1 aromatic heterocycles. The highest BCUT2D eigenvalue weighted by molar-refractivity contribution is 14.0. The lowest BCUT2D eigenvalue weighted by Crippen LogP contribution is -2.44. The third-order valence-electron chi connectivity index (χ3n) is 4.34. The van der Waals surface area contributed by atoms with Gasteiger partial charge in [0.05, 0.1) is 6.54 Å². The molecule has 3 N–H and O–H groups in total. The number of hydrogen-bond acceptors (Lipinski definition) is 4. The smallest absolute Gasteiger partial charge is 0.191 e. The van der Waals surface area contributed by atoms with Gasteiger partial charge in [0.2, 0.25) is 0 Å². The van der Waals surface area contributed by atoms with Crippen molar-refractivity contribution in [2.75, 3.05) is 24.5 Å². The minimum Gasteiger partial charge on any atom is -0.505 e. The summed E-state index contributed by atoms with van der Waals surface area (Å²) < 4.78 is 27.4. The molecule has 2 heterocycles. The Bertz CT molecular complexity index is 821. The van der Waals surface area contributed by atoms with E-state index in [2.05, 4.69) is 20.6 Å². The van der Waals surface area contributed by atoms with Gasteiger partial charge < -0.3 is 20.6 Å². The zero-order chi connectivity index (χ0) is 19.2. The molecule has 1 aliphatic rings. The van der Waals surface area contributed by atoms with E-state index >= 15 is 0 Å². The van der Waals surface area contributed by atoms with Gasteiger partial charge in [0.15, 0.2) is 29.2 Å². The highest BCUT2D eigenvalue weighted by atomic mass is 127. The molecule has 1 aromatic carbocycles. The Labute approximate surface area is 180 Å². The first-order valence-electron chi connectivity index (χ1n) is 8.94. The maximum atomic E-state index is 13.9. The number of aromatic nitrogens is 1. The average Bonchev–Trinajstić information content (AvgIpc) is 3.11. The van der Waals surface area contributed by atoms with Crippen LogP contribution in [-0.2, 0) is 6.54 Å². The summed E-state index contributed by atoms with van der Waals surface area (Å²) in [6, 6.07) is 7.30. The van der Waals surface area contributed by atoms with E-state index in [1.807, 2.05) is 11.8 Å². The van der Waals surface area contributed by atoms with Gasteiger partial charge in [0.25, 0.3) is 0 Å². The van der Waals surface area contributed by atoms with Crippen molar-refractivity contribution in [3.8, 4) is 5.75 Å². The van der Waals surface area contributed by atoms with Crippen LogP contribution in [0, 0.1) is 11.6 Å². The van der Waals surface area contributed by atoms with Crippen molar-refractivity contribution in [2.24, 2.45) is 4.99 Å². The van der Waals surface area contributed by atoms with Crippen molar-refractivity contribution >= 4 is 35.8 Å². The normalized spacial score (nSPS) is 16.6. The van der Waals surface area contributed by atoms with Gasteiger partial charge >= 0.3 is 0 Å². The molecule has 0 amide bonds. The second kappa shape index (κ2) is 10.4. The zero-order valence-electron chi connectivity index (χ0n) is 15.5. The van der Waals surface area contributed by atoms with Crippen LogP contribution in [0.25, 0.3) is 0 Å². The summed E-state index contributed by atoms with van der Waals surface area (Å²) in [4.78, 5) is 10.5. The van der Waals surface area contributed by atoms with Crippen molar-refractivity contribution in [3.63, 3.8) is 0 Å². The van der Waals surface area contributed by atoms with E-state index in [0.29, 0.717) is 37.0 Å². The summed E-state index contributed by atoms with van der Waals surface area (Å²) in [5.41, 5.74) is 0.658. The van der Waals surface area contributed by atoms with Crippen LogP contribution in [0.2, 0.25) is 0 Å². The lowest BCUT2D eigenvalue weighted by atomic mass is 10.2. The highest BCUT2D eigenvalue weighted by Gasteiger charge is 2.25. The molecule has 1 fully saturated rings. The van der Waals surface area contributed by atoms with E-state index in [0.717, 1.165) is 6.42 Å². The summed E-state index contributed by atoms with van der Waals surface area (Å²) in [6.07, 6.45) is 2.41. The van der Waals surface area contributed by atoms with Gasteiger partial charge in [-0.3, -0.25) is 0 Å². The first-order chi connectivity index (χ1) is 13.1. The number of aromatic hydroxyl groups is 1. The molecule has 1 saturated heterocycles. The third-order valence-corrected chi connectivity index (χ3v) is 4.34. The van der Waals surface area contributed by atoms with Crippen LogP contribution in [0.15, 0.2) is 41.5 Å². The number of nitrogens with one attached hydrogen (secondary N) is 2. The molecule has 28 heavy (non-hydrogen) atoms. The molecule has 0 spiro atoms. The quantitative estimate of drug-likeness (QED) is 0.333. The standard InChI is InChI=1S/C19H23F2N5O.HI/c1-2-22-19(24-11-13-5-6-17(27)16(21)10-13)25-14-7-9-26(12-14)18-15(20)4-3-8-23-18;/h3-6,8,10,14,27H,2,7,9,11-12H2,1H3,(H2,22,24,25);1H. The molecule has 0 saturated carbocycles. The number of guanidine groups is 1. The Kier molecular flexibility index (Phi) is 8.21. The Morgan fingerprint density at radius 1 is 1.32 bits per heavy atom. The van der Waals surface area contributed by atoms with Crippen LogP contribution < -0.4 is 15.5 Å². The largest absolute Gasteiger partial charge is 0.505 e. The summed E-state index contributed by atoms with van der Waals surface area (Å²) in [7, 11) is 0. The number of halogens is 3. The number of nitrogens with zero attached hydrogens (tertiary/aromatic N) is 3. The van der Waals surface area contributed by atoms with Gasteiger partial charge in [-0.15, -0.1) is 24.0 Å². The van der Waals surface area contributed by atoms with Crippen LogP contribution in [0.5, 0.6) is 5.75 Å². The van der Waals surface area contributed by atoms with Gasteiger partial charge in [0, 0.05) is 31.9 Å². The van der Waals surface area contributed by atoms with E-state index in [1.165, 1.54) is 18.2 Å². The molecule has 0 aliphatic carbocycles. The van der Waals surface area contributed by atoms with Gasteiger partial charge in [-0.25, -0.2) is 18.8 Å². The maximum Gasteiger partial charge on any atom is 0.191 e. The van der Waals surface area contributed by atoms with Crippen LogP contribution in [0.4, 0.5) is 14.6 Å². The number of phenolic OH excluding ortho intramolecular Hbond substituents is 1. The number of hydrogen-bond donors (Lipinski definition) is 3. The first-order valence-corrected chi connectivity index (χ1v) is 8.94. The van der Waals surface area contributed by atoms with E-state index < -0.39 is 5.82 Å². The Hall–Kier alpha value is -2.17. The molecule has 2 aromatic rings. The lowest BCUT2D eigenvalue weighted by Gasteiger charge is -2.20. The van der Waals surface area contributed by atoms with Crippen LogP contribution in [-0.4, -0.2) is 41.7 Å². The predicted molar refractivity (Wildman–Crippen MR) is 116 cm³/mol. The minimum atomic E-state index is -0.663. The molecule has 1 atom stereocenters. The van der Waals surface area contributed by atoms with Crippen molar-refractivity contribution < 1.29 is 13.9 Å². The van der Waals surface area contributed by atoms with Gasteiger partial charge in [-0.05, 0) is 43.2 Å². The van der Waals surface area contributed by atoms with E-state index in [1.54, 1.807) is 18.3 Å². The number of phenols is 1. The Balaban J connectivity index is 0.00000280. The number of anilines is 1. The number of benzene rings is 1. The molecule has 0 bridgehead atoms. The predicted octanol–water partition coefficient (Wildman–Crippen LogP) is 3.02. The fraction of sp³-hybridized carbons (Fsp3) is 0.368. The van der Waals surface area contributed by atoms with Crippen LogP contribution in [0.3, 0.4) is 0 Å². The monoisotopic (exact) mass is 503 g/mol. The summed E-state index contributed by atoms with van der Waals surface area (Å²) >= 11 is 0. The van der Waals surface area contributed by atoms with Crippen molar-refractivity contribution in [1.29, 1.82) is 0 Å². The fourth-order valence-electron chi connectivity index (χ4n) is 3.01. The van der Waals surface area contributed by atoms with E-state index in [9.17, 15) is 13.9 Å². The van der Waals surface area contributed by atoms with Crippen molar-refractivity contribution in [2.45, 2.75) is 25.9 Å². The Morgan fingerprint density at radius 2 is 2.14 bits per heavy atom. The topological polar surface area (TPSA) is 72.8 Å². The van der Waals surface area contributed by atoms with Crippen molar-refractivity contribution in [1.82, 2.24) is 15.6 Å². The maximum absolute atomic E-state index is 13.9. The second-order valence-electron chi connectivity index (χ2n) is 6.37. The van der Waals surface area contributed by atoms with Crippen LogP contribution >= 0.6 is 24.0 Å². The second-order valence-corrected chi connectivity index (χ2v) is 6.37. The van der Waals surface area contributed by atoms with Crippen LogP contribution in [0.1, 0.15) is 18.9 Å². The molecule has 9 heteroatoms. The molecule has 0 radical (unpaired) electrons. The van der Waals surface area contributed by atoms with E-state index in [-0.39, 0.29) is 48.1 Å². The first kappa shape index (κ1) is 22.1. The zero-order valence-corrected chi connectivity index (χ0v) is 17.9. The molecular formula is C19H24F2IN5O. The summed E-state index contributed by atoms with van der Waals surface area (Å²) in [5, 5.41) is 15.8. The SMILES string of the molecule is CCNC(=NCc1ccc(O)c(F)c1)NC1CCN(c2ncccc2F)C1.I. The molecule has 1 aliphatic heterocycles.